The molecule has 8 heteroatoms. The van der Waals surface area contributed by atoms with Gasteiger partial charge in [0.15, 0.2) is 0 Å². The molecule has 2 N–H and O–H groups in total. The molecule has 0 saturated carbocycles. The second-order valence-corrected chi connectivity index (χ2v) is 8.94. The number of hydrogen-bond donors (Lipinski definition) is 2. The van der Waals surface area contributed by atoms with Gasteiger partial charge < -0.3 is 19.8 Å². The van der Waals surface area contributed by atoms with Crippen molar-refractivity contribution in [3.05, 3.63) is 60.3 Å². The first kappa shape index (κ1) is 24.0. The predicted molar refractivity (Wildman–Crippen MR) is 129 cm³/mol. The van der Waals surface area contributed by atoms with Gasteiger partial charge in [-0.15, -0.1) is 0 Å². The number of pyridine rings is 1. The molecule has 180 valence electrons. The van der Waals surface area contributed by atoms with Crippen LogP contribution >= 0.6 is 0 Å². The van der Waals surface area contributed by atoms with E-state index in [0.717, 1.165) is 54.6 Å². The van der Waals surface area contributed by atoms with Gasteiger partial charge in [0.1, 0.15) is 11.6 Å². The van der Waals surface area contributed by atoms with E-state index in [-0.39, 0.29) is 5.92 Å². The van der Waals surface area contributed by atoms with Crippen LogP contribution in [0.3, 0.4) is 0 Å². The Morgan fingerprint density at radius 2 is 2.03 bits per heavy atom. The Hall–Kier alpha value is -3.10. The third-order valence-electron chi connectivity index (χ3n) is 6.80. The third kappa shape index (κ3) is 5.87. The number of carboxylic acid groups (broad SMARTS) is 1. The molecular weight excluding hydrogens is 432 g/mol. The number of hydrogen-bond acceptors (Lipinski definition) is 7. The summed E-state index contributed by atoms with van der Waals surface area (Å²) in [7, 11) is 1.61. The summed E-state index contributed by atoms with van der Waals surface area (Å²) in [6, 6.07) is 9.25. The summed E-state index contributed by atoms with van der Waals surface area (Å²) in [6.45, 7) is 2.25. The number of aliphatic hydroxyl groups is 1. The Labute approximate surface area is 199 Å². The summed E-state index contributed by atoms with van der Waals surface area (Å²) in [5, 5.41) is 21.7. The van der Waals surface area contributed by atoms with Crippen LogP contribution in [0, 0.1) is 11.8 Å². The lowest BCUT2D eigenvalue weighted by molar-refractivity contribution is -0.146. The zero-order valence-electron chi connectivity index (χ0n) is 19.5. The van der Waals surface area contributed by atoms with Crippen LogP contribution in [0.4, 0.5) is 0 Å². The maximum absolute atomic E-state index is 12.0. The molecule has 0 spiro atoms. The van der Waals surface area contributed by atoms with Gasteiger partial charge in [-0.3, -0.25) is 9.78 Å². The molecule has 3 heterocycles. The minimum Gasteiger partial charge on any atom is -0.497 e. The Kier molecular flexibility index (Phi) is 8.03. The lowest BCUT2D eigenvalue weighted by Gasteiger charge is -2.37. The van der Waals surface area contributed by atoms with Gasteiger partial charge in [0, 0.05) is 36.9 Å². The van der Waals surface area contributed by atoms with E-state index in [9.17, 15) is 15.0 Å². The van der Waals surface area contributed by atoms with Crippen molar-refractivity contribution in [3.63, 3.8) is 0 Å². The molecule has 2 aromatic heterocycles. The first-order valence-corrected chi connectivity index (χ1v) is 11.9. The molecule has 3 atom stereocenters. The fourth-order valence-electron chi connectivity index (χ4n) is 4.91. The van der Waals surface area contributed by atoms with Crippen LogP contribution in [-0.4, -0.2) is 62.8 Å². The summed E-state index contributed by atoms with van der Waals surface area (Å²) in [6.07, 6.45) is 8.18. The highest BCUT2D eigenvalue weighted by Gasteiger charge is 2.34. The van der Waals surface area contributed by atoms with Crippen LogP contribution in [0.15, 0.2) is 48.9 Å². The van der Waals surface area contributed by atoms with E-state index in [1.54, 1.807) is 31.8 Å². The first-order chi connectivity index (χ1) is 16.5. The molecule has 4 rings (SSSR count). The number of aryl methyl sites for hydroxylation is 1. The van der Waals surface area contributed by atoms with Crippen molar-refractivity contribution in [3.8, 4) is 5.75 Å². The van der Waals surface area contributed by atoms with Crippen molar-refractivity contribution in [1.82, 2.24) is 19.9 Å². The van der Waals surface area contributed by atoms with E-state index in [1.807, 2.05) is 24.3 Å². The summed E-state index contributed by atoms with van der Waals surface area (Å²) in [4.78, 5) is 27.2. The molecule has 1 fully saturated rings. The van der Waals surface area contributed by atoms with Gasteiger partial charge in [-0.25, -0.2) is 9.97 Å². The Bertz CT molecular complexity index is 1090. The molecule has 8 nitrogen and oxygen atoms in total. The number of aliphatic carboxylic acids is 1. The molecule has 1 aliphatic rings. The number of methoxy groups -OCH3 is 1. The molecule has 0 radical (unpaired) electrons. The van der Waals surface area contributed by atoms with E-state index in [4.69, 9.17) is 4.74 Å². The largest absolute Gasteiger partial charge is 0.497 e. The van der Waals surface area contributed by atoms with Gasteiger partial charge in [0.2, 0.25) is 0 Å². The number of ether oxygens (including phenoxy) is 1. The number of fused-ring (bicyclic) bond motifs is 1. The number of carboxylic acids is 1. The first-order valence-electron chi connectivity index (χ1n) is 11.9. The molecule has 34 heavy (non-hydrogen) atoms. The third-order valence-corrected chi connectivity index (χ3v) is 6.80. The summed E-state index contributed by atoms with van der Waals surface area (Å²) < 4.78 is 5.33. The molecule has 0 bridgehead atoms. The van der Waals surface area contributed by atoms with Crippen LogP contribution in [0.1, 0.15) is 43.2 Å². The monoisotopic (exact) mass is 464 g/mol. The number of benzene rings is 1. The molecule has 0 unspecified atom stereocenters. The van der Waals surface area contributed by atoms with Crippen molar-refractivity contribution < 1.29 is 19.7 Å². The molecule has 0 aliphatic carbocycles. The zero-order chi connectivity index (χ0) is 23.9. The Morgan fingerprint density at radius 1 is 1.21 bits per heavy atom. The van der Waals surface area contributed by atoms with E-state index in [2.05, 4.69) is 19.9 Å². The average molecular weight is 465 g/mol. The smallest absolute Gasteiger partial charge is 0.308 e. The van der Waals surface area contributed by atoms with E-state index in [1.165, 1.54) is 0 Å². The fraction of sp³-hybridized carbons (Fsp3) is 0.462. The van der Waals surface area contributed by atoms with Gasteiger partial charge in [0.05, 0.1) is 24.6 Å². The normalized spacial score (nSPS) is 19.7. The van der Waals surface area contributed by atoms with Gasteiger partial charge in [-0.2, -0.15) is 0 Å². The highest BCUT2D eigenvalue weighted by Crippen LogP contribution is 2.33. The van der Waals surface area contributed by atoms with Gasteiger partial charge in [-0.1, -0.05) is 0 Å². The summed E-state index contributed by atoms with van der Waals surface area (Å²) in [5.41, 5.74) is 1.60. The van der Waals surface area contributed by atoms with Gasteiger partial charge in [-0.05, 0) is 80.6 Å². The molecule has 0 amide bonds. The van der Waals surface area contributed by atoms with Crippen molar-refractivity contribution >= 4 is 16.9 Å². The van der Waals surface area contributed by atoms with Crippen LogP contribution in [0.25, 0.3) is 10.9 Å². The average Bonchev–Trinajstić information content (AvgIpc) is 2.87. The predicted octanol–water partition coefficient (Wildman–Crippen LogP) is 3.50. The number of aliphatic hydroxyl groups excluding tert-OH is 1. The molecule has 3 aromatic rings. The number of carbonyl (C=O) groups is 1. The second-order valence-electron chi connectivity index (χ2n) is 8.94. The lowest BCUT2D eigenvalue weighted by atomic mass is 9.81. The van der Waals surface area contributed by atoms with E-state index >= 15 is 0 Å². The highest BCUT2D eigenvalue weighted by molar-refractivity contribution is 5.83. The molecule has 1 aliphatic heterocycles. The SMILES string of the molecule is COc1ccc2nccc([C@@H](O)CC[C@@H]3CCN(CCCc4ncccn4)C[C@@H]3C(=O)O)c2c1. The van der Waals surface area contributed by atoms with E-state index < -0.39 is 18.0 Å². The summed E-state index contributed by atoms with van der Waals surface area (Å²) in [5.74, 6) is 0.398. The Morgan fingerprint density at radius 3 is 2.79 bits per heavy atom. The van der Waals surface area contributed by atoms with Crippen LogP contribution in [-0.2, 0) is 11.2 Å². The number of nitrogens with zero attached hydrogens (tertiary/aromatic N) is 4. The van der Waals surface area contributed by atoms with Crippen molar-refractivity contribution in [2.75, 3.05) is 26.7 Å². The van der Waals surface area contributed by atoms with E-state index in [0.29, 0.717) is 25.1 Å². The minimum atomic E-state index is -0.755. The van der Waals surface area contributed by atoms with Crippen molar-refractivity contribution in [2.24, 2.45) is 11.8 Å². The minimum absolute atomic E-state index is 0.0449. The number of rotatable bonds is 10. The Balaban J connectivity index is 1.34. The highest BCUT2D eigenvalue weighted by atomic mass is 16.5. The lowest BCUT2D eigenvalue weighted by Crippen LogP contribution is -2.44. The zero-order valence-corrected chi connectivity index (χ0v) is 19.5. The number of likely N-dealkylation sites (tertiary alicyclic amines) is 1. The van der Waals surface area contributed by atoms with Crippen molar-refractivity contribution in [2.45, 2.75) is 38.2 Å². The molecule has 1 aromatic carbocycles. The number of piperidine rings is 1. The molecular formula is C26H32N4O4. The fourth-order valence-corrected chi connectivity index (χ4v) is 4.91. The topological polar surface area (TPSA) is 109 Å². The van der Waals surface area contributed by atoms with Crippen LogP contribution < -0.4 is 4.74 Å². The van der Waals surface area contributed by atoms with Gasteiger partial charge in [0.25, 0.3) is 0 Å². The van der Waals surface area contributed by atoms with Crippen LogP contribution in [0.2, 0.25) is 0 Å². The van der Waals surface area contributed by atoms with Gasteiger partial charge >= 0.3 is 5.97 Å². The summed E-state index contributed by atoms with van der Waals surface area (Å²) >= 11 is 0. The van der Waals surface area contributed by atoms with Crippen LogP contribution in [0.5, 0.6) is 5.75 Å². The number of aromatic nitrogens is 3. The maximum Gasteiger partial charge on any atom is 0.308 e. The molecule has 1 saturated heterocycles. The standard InChI is InChI=1S/C26H32N4O4/c1-34-19-6-7-23-21(16-19)20(9-13-27-23)24(31)8-5-18-10-15-30(17-22(18)26(32)33)14-2-4-25-28-11-3-12-29-25/h3,6-7,9,11-13,16,18,22,24,31H,2,4-5,8,10,14-15,17H2,1H3,(H,32,33)/t18-,22+,24+/m1/s1. The van der Waals surface area contributed by atoms with Crippen molar-refractivity contribution in [1.29, 1.82) is 0 Å². The quantitative estimate of drug-likeness (QED) is 0.469. The second kappa shape index (κ2) is 11.4. The maximum atomic E-state index is 12.0.